The molecule has 0 unspecified atom stereocenters. The first-order valence-corrected chi connectivity index (χ1v) is 6.86. The molecule has 0 fully saturated rings. The van der Waals surface area contributed by atoms with Crippen LogP contribution in [0, 0.1) is 12.7 Å². The van der Waals surface area contributed by atoms with E-state index in [4.69, 9.17) is 4.74 Å². The molecule has 0 bridgehead atoms. The van der Waals surface area contributed by atoms with Crippen molar-refractivity contribution in [3.63, 3.8) is 0 Å². The van der Waals surface area contributed by atoms with Gasteiger partial charge in [0, 0.05) is 18.0 Å². The average molecular weight is 335 g/mol. The second-order valence-electron chi connectivity index (χ2n) is 4.91. The normalized spacial score (nSPS) is 10.2. The smallest absolute Gasteiger partial charge is 0.328 e. The predicted molar refractivity (Wildman–Crippen MR) is 82.0 cm³/mol. The third-order valence-corrected chi connectivity index (χ3v) is 3.02. The predicted octanol–water partition coefficient (Wildman–Crippen LogP) is 0.166. The molecule has 1 amide bonds. The van der Waals surface area contributed by atoms with Crippen molar-refractivity contribution in [2.24, 2.45) is 0 Å². The second kappa shape index (κ2) is 7.36. The number of halogens is 1. The van der Waals surface area contributed by atoms with E-state index in [1.165, 1.54) is 12.1 Å². The number of hydrogen-bond donors (Lipinski definition) is 2. The van der Waals surface area contributed by atoms with Crippen molar-refractivity contribution >= 4 is 17.6 Å². The summed E-state index contributed by atoms with van der Waals surface area (Å²) < 4.78 is 19.0. The SMILES string of the molecule is Cc1ccc(NC(=O)COC(=O)Cn2ccc(=O)[nH]c2=O)cc1F. The zero-order valence-electron chi connectivity index (χ0n) is 12.7. The molecule has 0 saturated carbocycles. The van der Waals surface area contributed by atoms with Gasteiger partial charge in [0.25, 0.3) is 11.5 Å². The van der Waals surface area contributed by atoms with E-state index in [1.54, 1.807) is 6.92 Å². The molecule has 2 aromatic rings. The summed E-state index contributed by atoms with van der Waals surface area (Å²) >= 11 is 0. The lowest BCUT2D eigenvalue weighted by atomic mass is 10.2. The minimum absolute atomic E-state index is 0.232. The van der Waals surface area contributed by atoms with Crippen LogP contribution in [0.25, 0.3) is 0 Å². The Kier molecular flexibility index (Phi) is 5.25. The van der Waals surface area contributed by atoms with Crippen LogP contribution in [-0.4, -0.2) is 28.0 Å². The van der Waals surface area contributed by atoms with E-state index in [0.717, 1.165) is 22.9 Å². The summed E-state index contributed by atoms with van der Waals surface area (Å²) in [7, 11) is 0. The molecule has 1 aromatic heterocycles. The Balaban J connectivity index is 1.86. The van der Waals surface area contributed by atoms with E-state index in [-0.39, 0.29) is 5.69 Å². The van der Waals surface area contributed by atoms with Crippen LogP contribution >= 0.6 is 0 Å². The number of esters is 1. The Morgan fingerprint density at radius 2 is 2.04 bits per heavy atom. The molecule has 0 aliphatic carbocycles. The number of H-pyrrole nitrogens is 1. The van der Waals surface area contributed by atoms with Crippen LogP contribution in [0.4, 0.5) is 10.1 Å². The van der Waals surface area contributed by atoms with Crippen molar-refractivity contribution in [1.82, 2.24) is 9.55 Å². The Labute approximate surface area is 134 Å². The van der Waals surface area contributed by atoms with Crippen LogP contribution < -0.4 is 16.6 Å². The molecule has 0 aliphatic heterocycles. The van der Waals surface area contributed by atoms with Gasteiger partial charge in [-0.05, 0) is 24.6 Å². The average Bonchev–Trinajstić information content (AvgIpc) is 2.52. The molecule has 1 aromatic carbocycles. The maximum absolute atomic E-state index is 13.4. The fourth-order valence-electron chi connectivity index (χ4n) is 1.77. The van der Waals surface area contributed by atoms with E-state index < -0.39 is 42.1 Å². The number of aromatic nitrogens is 2. The van der Waals surface area contributed by atoms with Gasteiger partial charge in [-0.3, -0.25) is 23.9 Å². The molecule has 0 radical (unpaired) electrons. The number of carbonyl (C=O) groups excluding carboxylic acids is 2. The number of ether oxygens (including phenoxy) is 1. The maximum Gasteiger partial charge on any atom is 0.328 e. The summed E-state index contributed by atoms with van der Waals surface area (Å²) in [5, 5.41) is 2.38. The molecule has 0 spiro atoms. The Bertz CT molecular complexity index is 887. The van der Waals surface area contributed by atoms with Crippen molar-refractivity contribution in [2.45, 2.75) is 13.5 Å². The summed E-state index contributed by atoms with van der Waals surface area (Å²) in [4.78, 5) is 47.5. The number of benzene rings is 1. The quantitative estimate of drug-likeness (QED) is 0.757. The van der Waals surface area contributed by atoms with Crippen LogP contribution in [0.1, 0.15) is 5.56 Å². The number of nitrogens with one attached hydrogen (secondary N) is 2. The Morgan fingerprint density at radius 3 is 2.71 bits per heavy atom. The number of amides is 1. The molecule has 0 saturated heterocycles. The van der Waals surface area contributed by atoms with Crippen molar-refractivity contribution in [1.29, 1.82) is 0 Å². The van der Waals surface area contributed by atoms with Crippen molar-refractivity contribution in [2.75, 3.05) is 11.9 Å². The van der Waals surface area contributed by atoms with E-state index in [1.807, 2.05) is 4.98 Å². The summed E-state index contributed by atoms with van der Waals surface area (Å²) in [5.41, 5.74) is -0.685. The third-order valence-electron chi connectivity index (χ3n) is 3.02. The summed E-state index contributed by atoms with van der Waals surface area (Å²) in [6.07, 6.45) is 1.14. The number of hydrogen-bond acceptors (Lipinski definition) is 5. The van der Waals surface area contributed by atoms with Gasteiger partial charge < -0.3 is 10.1 Å². The van der Waals surface area contributed by atoms with Gasteiger partial charge in [0.1, 0.15) is 12.4 Å². The van der Waals surface area contributed by atoms with E-state index in [9.17, 15) is 23.6 Å². The minimum Gasteiger partial charge on any atom is -0.454 e. The molecule has 24 heavy (non-hydrogen) atoms. The highest BCUT2D eigenvalue weighted by atomic mass is 19.1. The zero-order chi connectivity index (χ0) is 17.7. The van der Waals surface area contributed by atoms with Gasteiger partial charge in [0.05, 0.1) is 0 Å². The highest BCUT2D eigenvalue weighted by Crippen LogP contribution is 2.13. The van der Waals surface area contributed by atoms with Gasteiger partial charge in [-0.15, -0.1) is 0 Å². The van der Waals surface area contributed by atoms with Crippen LogP contribution in [0.5, 0.6) is 0 Å². The van der Waals surface area contributed by atoms with Gasteiger partial charge >= 0.3 is 11.7 Å². The highest BCUT2D eigenvalue weighted by molar-refractivity contribution is 5.92. The lowest BCUT2D eigenvalue weighted by Crippen LogP contribution is -2.32. The Hall–Kier alpha value is -3.23. The molecule has 0 aliphatic rings. The van der Waals surface area contributed by atoms with Crippen LogP contribution in [-0.2, 0) is 20.9 Å². The fraction of sp³-hybridized carbons (Fsp3) is 0.200. The number of carbonyl (C=O) groups is 2. The number of aromatic amines is 1. The molecule has 8 nitrogen and oxygen atoms in total. The number of aryl methyl sites for hydroxylation is 1. The van der Waals surface area contributed by atoms with Gasteiger partial charge in [-0.2, -0.15) is 0 Å². The Morgan fingerprint density at radius 1 is 1.29 bits per heavy atom. The minimum atomic E-state index is -0.839. The largest absolute Gasteiger partial charge is 0.454 e. The van der Waals surface area contributed by atoms with Crippen molar-refractivity contribution < 1.29 is 18.7 Å². The monoisotopic (exact) mass is 335 g/mol. The summed E-state index contributed by atoms with van der Waals surface area (Å²) in [6, 6.07) is 5.24. The number of anilines is 1. The summed E-state index contributed by atoms with van der Waals surface area (Å²) in [6.45, 7) is 0.538. The first kappa shape index (κ1) is 17.1. The fourth-order valence-corrected chi connectivity index (χ4v) is 1.77. The molecular weight excluding hydrogens is 321 g/mol. The molecule has 2 N–H and O–H groups in total. The first-order valence-electron chi connectivity index (χ1n) is 6.86. The second-order valence-corrected chi connectivity index (χ2v) is 4.91. The van der Waals surface area contributed by atoms with Crippen LogP contribution in [0.3, 0.4) is 0 Å². The van der Waals surface area contributed by atoms with Crippen molar-refractivity contribution in [3.05, 3.63) is 62.7 Å². The van der Waals surface area contributed by atoms with Crippen LogP contribution in [0.15, 0.2) is 40.1 Å². The van der Waals surface area contributed by atoms with E-state index in [0.29, 0.717) is 5.56 Å². The first-order chi connectivity index (χ1) is 11.3. The number of nitrogens with zero attached hydrogens (tertiary/aromatic N) is 1. The van der Waals surface area contributed by atoms with Crippen LogP contribution in [0.2, 0.25) is 0 Å². The van der Waals surface area contributed by atoms with E-state index >= 15 is 0 Å². The molecule has 9 heteroatoms. The van der Waals surface area contributed by atoms with E-state index in [2.05, 4.69) is 5.32 Å². The molecule has 0 atom stereocenters. The summed E-state index contributed by atoms with van der Waals surface area (Å²) in [5.74, 6) is -1.96. The lowest BCUT2D eigenvalue weighted by Gasteiger charge is -2.08. The molecule has 2 rings (SSSR count). The topological polar surface area (TPSA) is 110 Å². The van der Waals surface area contributed by atoms with Gasteiger partial charge in [0.15, 0.2) is 6.61 Å². The van der Waals surface area contributed by atoms with Gasteiger partial charge in [0.2, 0.25) is 0 Å². The van der Waals surface area contributed by atoms with Gasteiger partial charge in [-0.1, -0.05) is 6.07 Å². The molecule has 126 valence electrons. The zero-order valence-corrected chi connectivity index (χ0v) is 12.7. The maximum atomic E-state index is 13.4. The number of rotatable bonds is 5. The van der Waals surface area contributed by atoms with Gasteiger partial charge in [-0.25, -0.2) is 9.18 Å². The highest BCUT2D eigenvalue weighted by Gasteiger charge is 2.10. The third kappa shape index (κ3) is 4.63. The van der Waals surface area contributed by atoms with Crippen molar-refractivity contribution in [3.8, 4) is 0 Å². The molecular formula is C15H14FN3O5. The standard InChI is InChI=1S/C15H14FN3O5/c1-9-2-3-10(6-11(9)16)17-13(21)8-24-14(22)7-19-5-4-12(20)18-15(19)23/h2-6H,7-8H2,1H3,(H,17,21)(H,18,20,23). The molecule has 1 heterocycles. The lowest BCUT2D eigenvalue weighted by molar-refractivity contribution is -0.148.